The Bertz CT molecular complexity index is 634. The summed E-state index contributed by atoms with van der Waals surface area (Å²) < 4.78 is 21.6. The normalized spacial score (nSPS) is 26.2. The SMILES string of the molecule is COC(=O)C1CCC(n2cc(C3(F)CCN(C(=O)O)CC3)nn2)CC1. The van der Waals surface area contributed by atoms with E-state index in [1.54, 1.807) is 10.9 Å². The van der Waals surface area contributed by atoms with Gasteiger partial charge in [-0.2, -0.15) is 0 Å². The first-order valence-corrected chi connectivity index (χ1v) is 8.60. The molecule has 138 valence electrons. The van der Waals surface area contributed by atoms with E-state index < -0.39 is 11.8 Å². The maximum atomic E-state index is 15.1. The first-order chi connectivity index (χ1) is 11.9. The molecule has 0 spiro atoms. The summed E-state index contributed by atoms with van der Waals surface area (Å²) >= 11 is 0. The molecule has 1 aromatic heterocycles. The minimum Gasteiger partial charge on any atom is -0.469 e. The maximum absolute atomic E-state index is 15.1. The molecule has 1 aromatic rings. The molecule has 0 bridgehead atoms. The van der Waals surface area contributed by atoms with Crippen molar-refractivity contribution in [2.75, 3.05) is 20.2 Å². The molecule has 0 aromatic carbocycles. The molecule has 8 nitrogen and oxygen atoms in total. The lowest BCUT2D eigenvalue weighted by Crippen LogP contribution is -2.42. The summed E-state index contributed by atoms with van der Waals surface area (Å²) in [7, 11) is 1.40. The van der Waals surface area contributed by atoms with Crippen LogP contribution in [0.1, 0.15) is 50.3 Å². The molecule has 0 unspecified atom stereocenters. The second kappa shape index (κ2) is 6.97. The first-order valence-electron chi connectivity index (χ1n) is 8.60. The molecule has 25 heavy (non-hydrogen) atoms. The van der Waals surface area contributed by atoms with E-state index in [9.17, 15) is 9.59 Å². The van der Waals surface area contributed by atoms with Crippen LogP contribution in [0.15, 0.2) is 6.20 Å². The predicted molar refractivity (Wildman–Crippen MR) is 84.7 cm³/mol. The number of esters is 1. The Morgan fingerprint density at radius 2 is 1.92 bits per heavy atom. The van der Waals surface area contributed by atoms with Crippen molar-refractivity contribution in [3.05, 3.63) is 11.9 Å². The zero-order valence-corrected chi connectivity index (χ0v) is 14.2. The molecule has 0 atom stereocenters. The zero-order valence-electron chi connectivity index (χ0n) is 14.2. The highest BCUT2D eigenvalue weighted by Crippen LogP contribution is 2.37. The lowest BCUT2D eigenvalue weighted by atomic mass is 9.86. The van der Waals surface area contributed by atoms with E-state index in [0.29, 0.717) is 0 Å². The third kappa shape index (κ3) is 3.59. The molecule has 9 heteroatoms. The van der Waals surface area contributed by atoms with Gasteiger partial charge in [-0.1, -0.05) is 5.21 Å². The number of carbonyl (C=O) groups is 2. The average molecular weight is 354 g/mol. The molecule has 2 fully saturated rings. The fourth-order valence-electron chi connectivity index (χ4n) is 3.71. The van der Waals surface area contributed by atoms with Crippen molar-refractivity contribution in [3.63, 3.8) is 0 Å². The fourth-order valence-corrected chi connectivity index (χ4v) is 3.71. The molecular weight excluding hydrogens is 331 g/mol. The maximum Gasteiger partial charge on any atom is 0.407 e. The van der Waals surface area contributed by atoms with Crippen LogP contribution in [0.2, 0.25) is 0 Å². The van der Waals surface area contributed by atoms with Gasteiger partial charge in [0.2, 0.25) is 0 Å². The van der Waals surface area contributed by atoms with Gasteiger partial charge in [0.1, 0.15) is 5.69 Å². The van der Waals surface area contributed by atoms with Crippen LogP contribution in [0.5, 0.6) is 0 Å². The first kappa shape index (κ1) is 17.6. The van der Waals surface area contributed by atoms with E-state index >= 15 is 4.39 Å². The van der Waals surface area contributed by atoms with Crippen molar-refractivity contribution in [2.24, 2.45) is 5.92 Å². The molecule has 1 amide bonds. The summed E-state index contributed by atoms with van der Waals surface area (Å²) in [5.41, 5.74) is -1.36. The van der Waals surface area contributed by atoms with Gasteiger partial charge in [-0.25, -0.2) is 13.9 Å². The van der Waals surface area contributed by atoms with E-state index in [2.05, 4.69) is 10.3 Å². The minimum absolute atomic E-state index is 0.0721. The van der Waals surface area contributed by atoms with E-state index in [-0.39, 0.29) is 49.6 Å². The second-order valence-corrected chi connectivity index (χ2v) is 6.85. The van der Waals surface area contributed by atoms with Gasteiger partial charge in [-0.3, -0.25) is 4.79 Å². The summed E-state index contributed by atoms with van der Waals surface area (Å²) in [6.07, 6.45) is 3.79. The monoisotopic (exact) mass is 354 g/mol. The molecule has 1 saturated heterocycles. The summed E-state index contributed by atoms with van der Waals surface area (Å²) in [4.78, 5) is 23.8. The van der Waals surface area contributed by atoms with E-state index in [4.69, 9.17) is 9.84 Å². The number of amides is 1. The largest absolute Gasteiger partial charge is 0.469 e. The van der Waals surface area contributed by atoms with E-state index in [1.807, 2.05) is 0 Å². The van der Waals surface area contributed by atoms with Crippen molar-refractivity contribution >= 4 is 12.1 Å². The Kier molecular flexibility index (Phi) is 4.91. The lowest BCUT2D eigenvalue weighted by Gasteiger charge is -2.33. The smallest absolute Gasteiger partial charge is 0.407 e. The Morgan fingerprint density at radius 3 is 2.48 bits per heavy atom. The number of carboxylic acid groups (broad SMARTS) is 1. The number of rotatable bonds is 3. The zero-order chi connectivity index (χ0) is 18.0. The molecular formula is C16H23FN4O4. The highest BCUT2D eigenvalue weighted by molar-refractivity contribution is 5.72. The van der Waals surface area contributed by atoms with E-state index in [0.717, 1.165) is 25.7 Å². The number of aromatic nitrogens is 3. The quantitative estimate of drug-likeness (QED) is 0.835. The average Bonchev–Trinajstić information content (AvgIpc) is 3.12. The number of carbonyl (C=O) groups excluding carboxylic acids is 1. The van der Waals surface area contributed by atoms with Gasteiger partial charge in [0.15, 0.2) is 5.67 Å². The number of likely N-dealkylation sites (tertiary alicyclic amines) is 1. The topological polar surface area (TPSA) is 97.5 Å². The standard InChI is InChI=1S/C16H23FN4O4/c1-25-14(22)11-2-4-12(5-3-11)21-10-13(18-19-21)16(17)6-8-20(9-7-16)15(23)24/h10-12H,2-9H2,1H3,(H,23,24). The third-order valence-corrected chi connectivity index (χ3v) is 5.40. The highest BCUT2D eigenvalue weighted by Gasteiger charge is 2.40. The Morgan fingerprint density at radius 1 is 1.28 bits per heavy atom. The number of hydrogen-bond acceptors (Lipinski definition) is 5. The lowest BCUT2D eigenvalue weighted by molar-refractivity contribution is -0.146. The number of nitrogens with zero attached hydrogens (tertiary/aromatic N) is 4. The molecule has 1 N–H and O–H groups in total. The van der Waals surface area contributed by atoms with Gasteiger partial charge < -0.3 is 14.7 Å². The number of hydrogen-bond donors (Lipinski definition) is 1. The fraction of sp³-hybridized carbons (Fsp3) is 0.750. The van der Waals surface area contributed by atoms with Crippen LogP contribution in [0, 0.1) is 5.92 Å². The van der Waals surface area contributed by atoms with Gasteiger partial charge in [-0.05, 0) is 25.7 Å². The van der Waals surface area contributed by atoms with Crippen LogP contribution >= 0.6 is 0 Å². The molecule has 2 heterocycles. The predicted octanol–water partition coefficient (Wildman–Crippen LogP) is 2.12. The van der Waals surface area contributed by atoms with Crippen molar-refractivity contribution in [3.8, 4) is 0 Å². The number of halogens is 1. The van der Waals surface area contributed by atoms with Gasteiger partial charge in [0, 0.05) is 25.9 Å². The number of alkyl halides is 1. The number of ether oxygens (including phenoxy) is 1. The van der Waals surface area contributed by atoms with Crippen molar-refractivity contribution < 1.29 is 23.8 Å². The van der Waals surface area contributed by atoms with Gasteiger partial charge >= 0.3 is 12.1 Å². The number of methoxy groups -OCH3 is 1. The third-order valence-electron chi connectivity index (χ3n) is 5.40. The van der Waals surface area contributed by atoms with Crippen LogP contribution in [0.4, 0.5) is 9.18 Å². The molecule has 1 saturated carbocycles. The number of piperidine rings is 1. The van der Waals surface area contributed by atoms with Crippen molar-refractivity contribution in [1.29, 1.82) is 0 Å². The second-order valence-electron chi connectivity index (χ2n) is 6.85. The Hall–Kier alpha value is -2.19. The van der Waals surface area contributed by atoms with Crippen molar-refractivity contribution in [2.45, 2.75) is 50.2 Å². The Balaban J connectivity index is 1.61. The van der Waals surface area contributed by atoms with Gasteiger partial charge in [0.25, 0.3) is 0 Å². The summed E-state index contributed by atoms with van der Waals surface area (Å²) in [6.45, 7) is 0.311. The van der Waals surface area contributed by atoms with Gasteiger partial charge in [0.05, 0.1) is 25.3 Å². The summed E-state index contributed by atoms with van der Waals surface area (Å²) in [5.74, 6) is -0.247. The summed E-state index contributed by atoms with van der Waals surface area (Å²) in [6, 6.07) is 0.102. The van der Waals surface area contributed by atoms with Crippen LogP contribution in [-0.2, 0) is 15.2 Å². The molecule has 1 aliphatic heterocycles. The van der Waals surface area contributed by atoms with Crippen LogP contribution in [-0.4, -0.2) is 57.3 Å². The van der Waals surface area contributed by atoms with Gasteiger partial charge in [-0.15, -0.1) is 5.10 Å². The van der Waals surface area contributed by atoms with E-state index in [1.165, 1.54) is 12.0 Å². The minimum atomic E-state index is -1.63. The van der Waals surface area contributed by atoms with Crippen LogP contribution in [0.25, 0.3) is 0 Å². The molecule has 1 aliphatic carbocycles. The Labute approximate surface area is 144 Å². The van der Waals surface area contributed by atoms with Crippen LogP contribution < -0.4 is 0 Å². The van der Waals surface area contributed by atoms with Crippen LogP contribution in [0.3, 0.4) is 0 Å². The highest BCUT2D eigenvalue weighted by atomic mass is 19.1. The molecule has 2 aliphatic rings. The summed E-state index contributed by atoms with van der Waals surface area (Å²) in [5, 5.41) is 17.1. The molecule has 3 rings (SSSR count). The molecule has 0 radical (unpaired) electrons. The van der Waals surface area contributed by atoms with Crippen molar-refractivity contribution in [1.82, 2.24) is 19.9 Å².